The lowest BCUT2D eigenvalue weighted by molar-refractivity contribution is 0.0802. The molecule has 0 spiro atoms. The maximum atomic E-state index is 13.5. The van der Waals surface area contributed by atoms with Crippen LogP contribution in [-0.4, -0.2) is 14.0 Å². The fourth-order valence-electron chi connectivity index (χ4n) is 5.57. The zero-order valence-corrected chi connectivity index (χ0v) is 31.1. The van der Waals surface area contributed by atoms with Gasteiger partial charge in [-0.1, -0.05) is 105 Å². The molecule has 4 rings (SSSR count). The van der Waals surface area contributed by atoms with Gasteiger partial charge in [0.2, 0.25) is 9.84 Å². The molecule has 47 heavy (non-hydrogen) atoms. The molecule has 5 heteroatoms. The highest BCUT2D eigenvalue weighted by Gasteiger charge is 2.27. The van der Waals surface area contributed by atoms with Crippen LogP contribution in [0.1, 0.15) is 112 Å². The smallest absolute Gasteiger partial charge is 0.203 e. The number of ether oxygens (including phenoxy) is 2. The molecule has 4 nitrogen and oxygen atoms in total. The van der Waals surface area contributed by atoms with E-state index in [-0.39, 0.29) is 21.3 Å². The largest absolute Gasteiger partial charge is 0.488 e. The molecule has 0 fully saturated rings. The van der Waals surface area contributed by atoms with Crippen LogP contribution < -0.4 is 9.47 Å². The van der Waals surface area contributed by atoms with Crippen LogP contribution in [0.3, 0.4) is 0 Å². The number of sulfone groups is 1. The maximum Gasteiger partial charge on any atom is 0.203 e. The van der Waals surface area contributed by atoms with Crippen molar-refractivity contribution in [3.05, 3.63) is 119 Å². The van der Waals surface area contributed by atoms with E-state index in [4.69, 9.17) is 9.47 Å². The van der Waals surface area contributed by atoms with Crippen LogP contribution in [0.2, 0.25) is 0 Å². The average molecular weight is 657 g/mol. The Hall–Kier alpha value is -3.57. The molecule has 0 bridgehead atoms. The van der Waals surface area contributed by atoms with Gasteiger partial charge < -0.3 is 9.47 Å². The second-order valence-electron chi connectivity index (χ2n) is 13.1. The van der Waals surface area contributed by atoms with Crippen LogP contribution in [0.5, 0.6) is 17.2 Å². The summed E-state index contributed by atoms with van der Waals surface area (Å²) in [5.74, 6) is 2.17. The average Bonchev–Trinajstić information content (AvgIpc) is 3.37. The van der Waals surface area contributed by atoms with E-state index in [1.807, 2.05) is 38.1 Å². The molecule has 0 saturated carbocycles. The second kappa shape index (κ2) is 16.0. The van der Waals surface area contributed by atoms with Crippen molar-refractivity contribution in [1.29, 1.82) is 0 Å². The van der Waals surface area contributed by atoms with E-state index in [1.54, 1.807) is 30.3 Å². The molecule has 0 radical (unpaired) electrons. The minimum atomic E-state index is -3.62. The van der Waals surface area contributed by atoms with E-state index >= 15 is 0 Å². The van der Waals surface area contributed by atoms with E-state index in [1.165, 1.54) is 11.1 Å². The minimum Gasteiger partial charge on any atom is -0.488 e. The van der Waals surface area contributed by atoms with Gasteiger partial charge in [0.25, 0.3) is 0 Å². The molecule has 0 aromatic heterocycles. The predicted octanol–water partition coefficient (Wildman–Crippen LogP) is 12.2. The van der Waals surface area contributed by atoms with E-state index in [2.05, 4.69) is 97.9 Å². The summed E-state index contributed by atoms with van der Waals surface area (Å²) in [6.45, 7) is 21.5. The van der Waals surface area contributed by atoms with Crippen molar-refractivity contribution in [2.75, 3.05) is 0 Å². The monoisotopic (exact) mass is 656 g/mol. The number of benzene rings is 3. The Morgan fingerprint density at radius 2 is 1.11 bits per heavy atom. The van der Waals surface area contributed by atoms with E-state index in [0.29, 0.717) is 22.8 Å². The van der Waals surface area contributed by atoms with Crippen LogP contribution in [0, 0.1) is 5.41 Å². The highest BCUT2D eigenvalue weighted by atomic mass is 32.2. The van der Waals surface area contributed by atoms with Gasteiger partial charge in [0.05, 0.1) is 9.80 Å². The van der Waals surface area contributed by atoms with Crippen molar-refractivity contribution in [2.45, 2.75) is 117 Å². The second-order valence-corrected chi connectivity index (χ2v) is 15.1. The highest BCUT2D eigenvalue weighted by Crippen LogP contribution is 2.38. The van der Waals surface area contributed by atoms with Gasteiger partial charge in [-0.2, -0.15) is 0 Å². The minimum absolute atomic E-state index is 0.0331. The molecule has 1 aliphatic carbocycles. The topological polar surface area (TPSA) is 52.6 Å². The molecule has 0 unspecified atom stereocenters. The van der Waals surface area contributed by atoms with E-state index in [9.17, 15) is 8.42 Å². The first-order valence-electron chi connectivity index (χ1n) is 17.3. The predicted molar refractivity (Wildman–Crippen MR) is 198 cm³/mol. The molecule has 254 valence electrons. The zero-order chi connectivity index (χ0) is 34.9. The molecule has 3 aromatic carbocycles. The fourth-order valence-corrected chi connectivity index (χ4v) is 6.93. The summed E-state index contributed by atoms with van der Waals surface area (Å²) in [7, 11) is -3.62. The van der Waals surface area contributed by atoms with Crippen LogP contribution in [0.15, 0.2) is 112 Å². The fraction of sp³-hybridized carbons (Fsp3) is 0.429. The molecule has 0 heterocycles. The van der Waals surface area contributed by atoms with E-state index < -0.39 is 9.84 Å². The van der Waals surface area contributed by atoms with Gasteiger partial charge in [0.15, 0.2) is 0 Å². The Morgan fingerprint density at radius 3 is 1.57 bits per heavy atom. The molecular formula is C42H56O4S. The van der Waals surface area contributed by atoms with Gasteiger partial charge in [-0.3, -0.25) is 0 Å². The third-order valence-electron chi connectivity index (χ3n) is 10.0. The Kier molecular flexibility index (Phi) is 12.9. The Morgan fingerprint density at radius 1 is 0.638 bits per heavy atom. The standard InChI is InChI=1S/C40H50O4S.C2H6/c1-9-39(7,10-2)32-14-13-15-36(27-20-32)45(41,42)37-28-25-34(26-29-37)43-33-21-16-30(17-22-33)38(5,6)31-18-23-35(24-19-31)44-40(8,11-3)12-4;1-2/h13-14,16-29H,9-12,15H2,1-8H3;1-2H3. The quantitative estimate of drug-likeness (QED) is 0.184. The summed E-state index contributed by atoms with van der Waals surface area (Å²) >= 11 is 0. The van der Waals surface area contributed by atoms with Crippen molar-refractivity contribution in [1.82, 2.24) is 0 Å². The first-order chi connectivity index (χ1) is 22.3. The van der Waals surface area contributed by atoms with Gasteiger partial charge in [-0.25, -0.2) is 8.42 Å². The zero-order valence-electron chi connectivity index (χ0n) is 30.3. The molecule has 0 aliphatic heterocycles. The summed E-state index contributed by atoms with van der Waals surface area (Å²) in [4.78, 5) is 0.667. The van der Waals surface area contributed by atoms with Crippen molar-refractivity contribution >= 4 is 9.84 Å². The molecule has 0 saturated heterocycles. The molecule has 3 aromatic rings. The Balaban J connectivity index is 0.00000294. The summed E-state index contributed by atoms with van der Waals surface area (Å²) < 4.78 is 39.3. The van der Waals surface area contributed by atoms with Gasteiger partial charge in [0, 0.05) is 11.8 Å². The SMILES string of the molecule is CC.CCC(C)(CC)Oc1ccc(C(C)(C)c2ccc(Oc3ccc(S(=O)(=O)C4=CC=C(C(C)(CC)CC)C=CC4)cc3)cc2)cc1. The van der Waals surface area contributed by atoms with Gasteiger partial charge in [-0.15, -0.1) is 0 Å². The lowest BCUT2D eigenvalue weighted by Crippen LogP contribution is -2.30. The molecule has 0 atom stereocenters. The first-order valence-corrected chi connectivity index (χ1v) is 18.8. The molecular weight excluding hydrogens is 601 g/mol. The summed E-state index contributed by atoms with van der Waals surface area (Å²) in [5, 5.41) is 0. The van der Waals surface area contributed by atoms with Gasteiger partial charge in [0.1, 0.15) is 22.8 Å². The van der Waals surface area contributed by atoms with Gasteiger partial charge >= 0.3 is 0 Å². The summed E-state index contributed by atoms with van der Waals surface area (Å²) in [6, 6.07) is 23.2. The number of hydrogen-bond acceptors (Lipinski definition) is 4. The van der Waals surface area contributed by atoms with Crippen LogP contribution in [0.25, 0.3) is 0 Å². The van der Waals surface area contributed by atoms with E-state index in [0.717, 1.165) is 37.0 Å². The number of allylic oxidation sites excluding steroid dienone is 6. The van der Waals surface area contributed by atoms with Crippen LogP contribution in [-0.2, 0) is 15.3 Å². The summed E-state index contributed by atoms with van der Waals surface area (Å²) in [5.41, 5.74) is 3.20. The van der Waals surface area contributed by atoms with Crippen molar-refractivity contribution < 1.29 is 17.9 Å². The molecule has 0 N–H and O–H groups in total. The Bertz CT molecular complexity index is 1630. The molecule has 0 amide bonds. The van der Waals surface area contributed by atoms with Crippen molar-refractivity contribution in [3.63, 3.8) is 0 Å². The maximum absolute atomic E-state index is 13.5. The lowest BCUT2D eigenvalue weighted by Gasteiger charge is -2.30. The number of rotatable bonds is 13. The first kappa shape index (κ1) is 37.9. The highest BCUT2D eigenvalue weighted by molar-refractivity contribution is 7.95. The third kappa shape index (κ3) is 8.87. The van der Waals surface area contributed by atoms with Crippen LogP contribution in [0.4, 0.5) is 0 Å². The van der Waals surface area contributed by atoms with Crippen LogP contribution >= 0.6 is 0 Å². The molecule has 1 aliphatic rings. The Labute approximate surface area is 285 Å². The van der Waals surface area contributed by atoms with Crippen molar-refractivity contribution in [2.24, 2.45) is 5.41 Å². The van der Waals surface area contributed by atoms with Crippen molar-refractivity contribution in [3.8, 4) is 17.2 Å². The lowest BCUT2D eigenvalue weighted by atomic mass is 9.77. The summed E-state index contributed by atoms with van der Waals surface area (Å²) in [6.07, 6.45) is 12.1. The third-order valence-corrected chi connectivity index (χ3v) is 11.9. The number of hydrogen-bond donors (Lipinski definition) is 0. The van der Waals surface area contributed by atoms with Gasteiger partial charge in [-0.05, 0) is 109 Å². The normalized spacial score (nSPS) is 13.9.